The zero-order valence-electron chi connectivity index (χ0n) is 22.2. The van der Waals surface area contributed by atoms with Crippen molar-refractivity contribution in [3.8, 4) is 0 Å². The predicted molar refractivity (Wildman–Crippen MR) is 139 cm³/mol. The Balaban J connectivity index is 1.39. The van der Waals surface area contributed by atoms with Crippen molar-refractivity contribution in [1.82, 2.24) is 15.0 Å². The van der Waals surface area contributed by atoms with Crippen molar-refractivity contribution in [2.75, 3.05) is 13.6 Å². The number of nitrogens with zero attached hydrogens (tertiary/aromatic N) is 1. The number of aliphatic hydroxyl groups is 3. The monoisotopic (exact) mass is 588 g/mol. The van der Waals surface area contributed by atoms with E-state index in [-0.39, 0.29) is 30.4 Å². The Morgan fingerprint density at radius 3 is 2.55 bits per heavy atom. The average molecular weight is 589 g/mol. The second-order valence-corrected chi connectivity index (χ2v) is 12.8. The maximum atomic E-state index is 13.2. The Hall–Kier alpha value is -1.38. The number of pyridine rings is 1. The van der Waals surface area contributed by atoms with E-state index in [4.69, 9.17) is 36.1 Å². The molecule has 0 spiro atoms. The highest BCUT2D eigenvalue weighted by molar-refractivity contribution is 7.89. The van der Waals surface area contributed by atoms with E-state index in [0.717, 1.165) is 0 Å². The summed E-state index contributed by atoms with van der Waals surface area (Å²) in [6.45, 7) is 0.271. The Labute approximate surface area is 232 Å². The molecule has 2 saturated carbocycles. The molecule has 40 heavy (non-hydrogen) atoms. The molecule has 1 aromatic heterocycles. The predicted octanol–water partition coefficient (Wildman–Crippen LogP) is -3.81. The Morgan fingerprint density at radius 1 is 1.12 bits per heavy atom. The lowest BCUT2D eigenvalue weighted by atomic mass is 9.84. The fraction of sp³-hybridized carbons (Fsp3) is 0.792. The second-order valence-electron chi connectivity index (χ2n) is 11.1. The summed E-state index contributed by atoms with van der Waals surface area (Å²) in [5, 5.41) is 36.1. The Morgan fingerprint density at radius 2 is 1.88 bits per heavy atom. The van der Waals surface area contributed by atoms with E-state index < -0.39 is 82.9 Å². The molecule has 13 atom stereocenters. The molecule has 16 heteroatoms. The van der Waals surface area contributed by atoms with Crippen LogP contribution in [0.5, 0.6) is 0 Å². The van der Waals surface area contributed by atoms with Gasteiger partial charge in [-0.05, 0) is 38.4 Å². The molecular weight excluding hydrogens is 548 g/mol. The number of sulfonamides is 1. The average Bonchev–Trinajstić information content (AvgIpc) is 3.60. The first-order valence-electron chi connectivity index (χ1n) is 13.5. The number of ether oxygens (including phenoxy) is 4. The van der Waals surface area contributed by atoms with Gasteiger partial charge in [0.2, 0.25) is 10.0 Å². The van der Waals surface area contributed by atoms with Crippen LogP contribution in [0.4, 0.5) is 0 Å². The lowest BCUT2D eigenvalue weighted by molar-refractivity contribution is -0.298. The van der Waals surface area contributed by atoms with Crippen molar-refractivity contribution < 1.29 is 42.7 Å². The third kappa shape index (κ3) is 5.78. The van der Waals surface area contributed by atoms with Crippen LogP contribution in [0.1, 0.15) is 25.7 Å². The molecule has 0 unspecified atom stereocenters. The van der Waals surface area contributed by atoms with Gasteiger partial charge in [0.1, 0.15) is 34.9 Å². The number of aromatic nitrogens is 1. The zero-order valence-corrected chi connectivity index (χ0v) is 23.0. The Kier molecular flexibility index (Phi) is 8.81. The summed E-state index contributed by atoms with van der Waals surface area (Å²) < 4.78 is 52.8. The highest BCUT2D eigenvalue weighted by atomic mass is 32.2. The van der Waals surface area contributed by atoms with Crippen LogP contribution in [0.3, 0.4) is 0 Å². The van der Waals surface area contributed by atoms with Gasteiger partial charge in [-0.2, -0.15) is 0 Å². The van der Waals surface area contributed by atoms with Gasteiger partial charge >= 0.3 is 0 Å². The first-order valence-corrected chi connectivity index (χ1v) is 15.0. The van der Waals surface area contributed by atoms with Crippen molar-refractivity contribution in [1.29, 1.82) is 0 Å². The molecule has 5 rings (SSSR count). The second kappa shape index (κ2) is 11.7. The molecule has 226 valence electrons. The molecule has 0 amide bonds. The van der Waals surface area contributed by atoms with Gasteiger partial charge in [0.25, 0.3) is 0 Å². The molecule has 0 bridgehead atoms. The minimum atomic E-state index is -4.10. The van der Waals surface area contributed by atoms with E-state index in [1.807, 2.05) is 0 Å². The van der Waals surface area contributed by atoms with Gasteiger partial charge < -0.3 is 56.8 Å². The quantitative estimate of drug-likeness (QED) is 0.138. The summed E-state index contributed by atoms with van der Waals surface area (Å²) in [5.74, 6) is 0. The lowest BCUT2D eigenvalue weighted by Crippen LogP contribution is -2.68. The van der Waals surface area contributed by atoms with E-state index in [2.05, 4.69) is 15.0 Å². The minimum absolute atomic E-state index is 0.000200. The van der Waals surface area contributed by atoms with E-state index in [1.54, 1.807) is 7.05 Å². The maximum Gasteiger partial charge on any atom is 0.242 e. The number of nitrogens with one attached hydrogen (secondary N) is 2. The number of hydrogen-bond donors (Lipinski definition) is 8. The molecule has 11 N–H and O–H groups in total. The smallest absolute Gasteiger partial charge is 0.242 e. The van der Waals surface area contributed by atoms with Crippen LogP contribution in [0, 0.1) is 0 Å². The summed E-state index contributed by atoms with van der Waals surface area (Å²) in [7, 11) is -2.51. The van der Waals surface area contributed by atoms with Gasteiger partial charge in [-0.15, -0.1) is 0 Å². The van der Waals surface area contributed by atoms with Gasteiger partial charge in [0.05, 0.1) is 30.3 Å². The van der Waals surface area contributed by atoms with E-state index >= 15 is 0 Å². The SMILES string of the molecule is CN[C@H]1[C@H](O)[C@@H](O[C@H]2[C@H](O)[C@@H](O[C@H]3O[C@H](CN)CC[C@H]3N)[C@H](N)C[C@H]2NS(=O)(=O)c2cccnc2)O[C@H]2C[C@]21O. The van der Waals surface area contributed by atoms with Gasteiger partial charge in [-0.25, -0.2) is 13.1 Å². The van der Waals surface area contributed by atoms with Gasteiger partial charge in [0.15, 0.2) is 12.6 Å². The molecule has 15 nitrogen and oxygen atoms in total. The summed E-state index contributed by atoms with van der Waals surface area (Å²) in [5.41, 5.74) is 17.2. The van der Waals surface area contributed by atoms with E-state index in [9.17, 15) is 23.7 Å². The molecule has 4 aliphatic rings. The van der Waals surface area contributed by atoms with Crippen LogP contribution in [0.15, 0.2) is 29.4 Å². The summed E-state index contributed by atoms with van der Waals surface area (Å²) in [4.78, 5) is 3.78. The number of aliphatic hydroxyl groups excluding tert-OH is 2. The van der Waals surface area contributed by atoms with Gasteiger partial charge in [0, 0.05) is 31.4 Å². The molecule has 1 aromatic rings. The number of rotatable bonds is 9. The van der Waals surface area contributed by atoms with Crippen molar-refractivity contribution in [2.45, 2.75) is 110 Å². The highest BCUT2D eigenvalue weighted by Crippen LogP contribution is 2.48. The van der Waals surface area contributed by atoms with Crippen molar-refractivity contribution in [3.63, 3.8) is 0 Å². The van der Waals surface area contributed by atoms with Crippen molar-refractivity contribution >= 4 is 10.0 Å². The fourth-order valence-electron chi connectivity index (χ4n) is 5.93. The molecule has 2 aliphatic carbocycles. The summed E-state index contributed by atoms with van der Waals surface area (Å²) in [6.07, 6.45) is -4.02. The lowest BCUT2D eigenvalue weighted by Gasteiger charge is -2.47. The summed E-state index contributed by atoms with van der Waals surface area (Å²) in [6, 6.07) is -0.283. The van der Waals surface area contributed by atoms with Crippen LogP contribution in [0.25, 0.3) is 0 Å². The molecule has 4 fully saturated rings. The molecular formula is C24H40N6O9S. The molecule has 0 aromatic carbocycles. The van der Waals surface area contributed by atoms with Gasteiger partial charge in [-0.3, -0.25) is 4.98 Å². The molecule has 0 radical (unpaired) electrons. The van der Waals surface area contributed by atoms with Crippen LogP contribution in [-0.2, 0) is 29.0 Å². The van der Waals surface area contributed by atoms with Crippen LogP contribution < -0.4 is 27.2 Å². The topological polar surface area (TPSA) is 247 Å². The van der Waals surface area contributed by atoms with Gasteiger partial charge in [-0.1, -0.05) is 0 Å². The number of fused-ring (bicyclic) bond motifs is 1. The standard InChI is InChI=1S/C24H40N6O9S/c1-28-21-18(32)23(37-16-8-24(16,21)33)39-20-15(30-40(34,35)12-3-2-6-29-10-12)7-14(27)19(17(20)31)38-22-13(26)5-4-11(9-25)36-22/h2-3,6,10-11,13-23,28,30-33H,4-5,7-9,25-27H2,1H3/t11-,13+,14+,15+,16-,17+,18-,19-,20+,21-,22+,23+,24-/m0/s1. The number of hydrogen-bond acceptors (Lipinski definition) is 14. The zero-order chi connectivity index (χ0) is 28.8. The van der Waals surface area contributed by atoms with E-state index in [1.165, 1.54) is 24.5 Å². The van der Waals surface area contributed by atoms with Crippen molar-refractivity contribution in [3.05, 3.63) is 24.5 Å². The van der Waals surface area contributed by atoms with Crippen molar-refractivity contribution in [2.24, 2.45) is 17.2 Å². The Bertz CT molecular complexity index is 1120. The molecule has 2 aliphatic heterocycles. The fourth-order valence-corrected chi connectivity index (χ4v) is 7.16. The minimum Gasteiger partial charge on any atom is -0.388 e. The van der Waals surface area contributed by atoms with E-state index in [0.29, 0.717) is 12.8 Å². The first-order chi connectivity index (χ1) is 19.0. The van der Waals surface area contributed by atoms with Crippen LogP contribution in [-0.4, -0.2) is 121 Å². The third-order valence-electron chi connectivity index (χ3n) is 8.29. The molecule has 3 heterocycles. The third-order valence-corrected chi connectivity index (χ3v) is 9.77. The highest BCUT2D eigenvalue weighted by Gasteiger charge is 2.67. The number of nitrogens with two attached hydrogens (primary N) is 3. The normalized spacial score (nSPS) is 45.6. The van der Waals surface area contributed by atoms with Crippen LogP contribution in [0.2, 0.25) is 0 Å². The molecule has 2 saturated heterocycles. The van der Waals surface area contributed by atoms with Crippen LogP contribution >= 0.6 is 0 Å². The summed E-state index contributed by atoms with van der Waals surface area (Å²) >= 11 is 0. The first kappa shape index (κ1) is 30.1. The largest absolute Gasteiger partial charge is 0.388 e. The maximum absolute atomic E-state index is 13.2. The number of likely N-dealkylation sites (N-methyl/N-ethyl adjacent to an activating group) is 1.